The van der Waals surface area contributed by atoms with E-state index in [1.807, 2.05) is 4.90 Å². The molecule has 0 aliphatic carbocycles. The van der Waals surface area contributed by atoms with Crippen LogP contribution in [0.2, 0.25) is 0 Å². The molecule has 1 aromatic carbocycles. The topological polar surface area (TPSA) is 109 Å². The summed E-state index contributed by atoms with van der Waals surface area (Å²) in [7, 11) is 3.12. The molecule has 3 rings (SSSR count). The van der Waals surface area contributed by atoms with Crippen molar-refractivity contribution < 1.29 is 23.7 Å². The second-order valence-corrected chi connectivity index (χ2v) is 6.04. The van der Waals surface area contributed by atoms with Crippen LogP contribution in [-0.4, -0.2) is 60.7 Å². The second-order valence-electron chi connectivity index (χ2n) is 6.04. The van der Waals surface area contributed by atoms with E-state index in [9.17, 15) is 4.79 Å². The third-order valence-corrected chi connectivity index (χ3v) is 4.06. The molecule has 1 saturated heterocycles. The molecule has 1 atom stereocenters. The van der Waals surface area contributed by atoms with Crippen molar-refractivity contribution >= 4 is 5.91 Å². The average Bonchev–Trinajstić information content (AvgIpc) is 3.08. The summed E-state index contributed by atoms with van der Waals surface area (Å²) in [5.41, 5.74) is 5.23. The minimum Gasteiger partial charge on any atom is -0.493 e. The molecule has 1 aromatic heterocycles. The Kier molecular flexibility index (Phi) is 5.92. The van der Waals surface area contributed by atoms with E-state index in [4.69, 9.17) is 24.7 Å². The van der Waals surface area contributed by atoms with Crippen LogP contribution in [0, 0.1) is 0 Å². The first-order valence-electron chi connectivity index (χ1n) is 8.46. The van der Waals surface area contributed by atoms with Gasteiger partial charge in [0.15, 0.2) is 11.5 Å². The summed E-state index contributed by atoms with van der Waals surface area (Å²) < 4.78 is 22.1. The lowest BCUT2D eigenvalue weighted by Gasteiger charge is -2.15. The van der Waals surface area contributed by atoms with Gasteiger partial charge in [-0.2, -0.15) is 4.98 Å². The van der Waals surface area contributed by atoms with Crippen molar-refractivity contribution in [1.29, 1.82) is 0 Å². The van der Waals surface area contributed by atoms with E-state index in [0.717, 1.165) is 13.0 Å². The van der Waals surface area contributed by atoms with Crippen molar-refractivity contribution in [3.8, 4) is 29.0 Å². The van der Waals surface area contributed by atoms with Gasteiger partial charge < -0.3 is 24.7 Å². The predicted molar refractivity (Wildman–Crippen MR) is 96.3 cm³/mol. The lowest BCUT2D eigenvalue weighted by atomic mass is 10.3. The summed E-state index contributed by atoms with van der Waals surface area (Å²) in [6, 6.07) is 5.19. The molecule has 1 amide bonds. The molecule has 2 aromatic rings. The van der Waals surface area contributed by atoms with Gasteiger partial charge in [0.1, 0.15) is 11.9 Å². The summed E-state index contributed by atoms with van der Waals surface area (Å²) in [5, 5.41) is 0. The lowest BCUT2D eigenvalue weighted by molar-refractivity contribution is -0.118. The van der Waals surface area contributed by atoms with Crippen LogP contribution in [0.3, 0.4) is 0 Å². The summed E-state index contributed by atoms with van der Waals surface area (Å²) in [6.45, 7) is 1.60. The molecular weight excluding hydrogens is 352 g/mol. The number of hydrogen-bond acceptors (Lipinski definition) is 8. The quantitative estimate of drug-likeness (QED) is 0.735. The van der Waals surface area contributed by atoms with Crippen LogP contribution in [0.5, 0.6) is 29.0 Å². The minimum absolute atomic E-state index is 0.0741. The Morgan fingerprint density at radius 3 is 2.74 bits per heavy atom. The fourth-order valence-corrected chi connectivity index (χ4v) is 2.87. The number of rotatable bonds is 8. The van der Waals surface area contributed by atoms with Gasteiger partial charge in [0.25, 0.3) is 0 Å². The zero-order chi connectivity index (χ0) is 19.2. The number of carbonyl (C=O) groups is 1. The Bertz CT molecular complexity index is 801. The summed E-state index contributed by atoms with van der Waals surface area (Å²) >= 11 is 0. The first kappa shape index (κ1) is 18.7. The Labute approximate surface area is 157 Å². The standard InChI is InChI=1S/C18H22N4O5/c1-24-14-4-3-12(7-15(14)25-2)26-17-8-20-9-18(21-17)27-13-5-6-22(10-13)11-16(19)23/h3-4,7-9,13H,5-6,10-11H2,1-2H3,(H2,19,23). The van der Waals surface area contributed by atoms with Crippen molar-refractivity contribution in [3.63, 3.8) is 0 Å². The molecule has 1 aliphatic rings. The SMILES string of the molecule is COc1ccc(Oc2cncc(OC3CCN(CC(N)=O)C3)n2)cc1OC. The molecule has 0 radical (unpaired) electrons. The van der Waals surface area contributed by atoms with Gasteiger partial charge in [0.2, 0.25) is 17.7 Å². The van der Waals surface area contributed by atoms with Crippen molar-refractivity contribution in [2.45, 2.75) is 12.5 Å². The van der Waals surface area contributed by atoms with Gasteiger partial charge in [-0.15, -0.1) is 0 Å². The largest absolute Gasteiger partial charge is 0.493 e. The monoisotopic (exact) mass is 374 g/mol. The number of benzene rings is 1. The van der Waals surface area contributed by atoms with Gasteiger partial charge in [0, 0.05) is 19.2 Å². The number of nitrogens with two attached hydrogens (primary N) is 1. The number of hydrogen-bond donors (Lipinski definition) is 1. The van der Waals surface area contributed by atoms with E-state index in [1.165, 1.54) is 12.4 Å². The van der Waals surface area contributed by atoms with Crippen LogP contribution in [0.25, 0.3) is 0 Å². The zero-order valence-corrected chi connectivity index (χ0v) is 15.3. The molecule has 9 nitrogen and oxygen atoms in total. The Morgan fingerprint density at radius 1 is 1.22 bits per heavy atom. The lowest BCUT2D eigenvalue weighted by Crippen LogP contribution is -2.33. The van der Waals surface area contributed by atoms with Gasteiger partial charge >= 0.3 is 0 Å². The summed E-state index contributed by atoms with van der Waals surface area (Å²) in [6.07, 6.45) is 3.74. The van der Waals surface area contributed by atoms with Crippen LogP contribution in [0.15, 0.2) is 30.6 Å². The van der Waals surface area contributed by atoms with Crippen molar-refractivity contribution in [3.05, 3.63) is 30.6 Å². The van der Waals surface area contributed by atoms with Crippen LogP contribution in [0.1, 0.15) is 6.42 Å². The van der Waals surface area contributed by atoms with Gasteiger partial charge in [-0.05, 0) is 18.6 Å². The predicted octanol–water partition coefficient (Wildman–Crippen LogP) is 1.22. The smallest absolute Gasteiger partial charge is 0.241 e. The van der Waals surface area contributed by atoms with Crippen LogP contribution in [-0.2, 0) is 4.79 Å². The molecule has 0 saturated carbocycles. The normalized spacial score (nSPS) is 16.7. The second kappa shape index (κ2) is 8.54. The molecular formula is C18H22N4O5. The number of methoxy groups -OCH3 is 2. The third kappa shape index (κ3) is 4.98. The molecule has 1 unspecified atom stereocenters. The maximum absolute atomic E-state index is 11.0. The van der Waals surface area contributed by atoms with E-state index < -0.39 is 0 Å². The van der Waals surface area contributed by atoms with E-state index in [0.29, 0.717) is 35.6 Å². The average molecular weight is 374 g/mol. The third-order valence-electron chi connectivity index (χ3n) is 4.06. The Hall–Kier alpha value is -3.07. The molecule has 1 aliphatic heterocycles. The number of aromatic nitrogens is 2. The highest BCUT2D eigenvalue weighted by Crippen LogP contribution is 2.32. The highest BCUT2D eigenvalue weighted by molar-refractivity contribution is 5.75. The number of likely N-dealkylation sites (tertiary alicyclic amines) is 1. The van der Waals surface area contributed by atoms with E-state index in [1.54, 1.807) is 32.4 Å². The van der Waals surface area contributed by atoms with Crippen LogP contribution in [0.4, 0.5) is 0 Å². The molecule has 1 fully saturated rings. The molecule has 9 heteroatoms. The molecule has 2 N–H and O–H groups in total. The van der Waals surface area contributed by atoms with Crippen molar-refractivity contribution in [1.82, 2.24) is 14.9 Å². The molecule has 27 heavy (non-hydrogen) atoms. The van der Waals surface area contributed by atoms with Gasteiger partial charge in [-0.1, -0.05) is 0 Å². The maximum atomic E-state index is 11.0. The van der Waals surface area contributed by atoms with Crippen LogP contribution >= 0.6 is 0 Å². The summed E-state index contributed by atoms with van der Waals surface area (Å²) in [4.78, 5) is 21.4. The van der Waals surface area contributed by atoms with Gasteiger partial charge in [0.05, 0.1) is 33.2 Å². The van der Waals surface area contributed by atoms with E-state index >= 15 is 0 Å². The first-order valence-corrected chi connectivity index (χ1v) is 8.46. The number of ether oxygens (including phenoxy) is 4. The maximum Gasteiger partial charge on any atom is 0.241 e. The molecule has 2 heterocycles. The Balaban J connectivity index is 1.63. The minimum atomic E-state index is -0.347. The fraction of sp³-hybridized carbons (Fsp3) is 0.389. The van der Waals surface area contributed by atoms with Gasteiger partial charge in [-0.25, -0.2) is 0 Å². The summed E-state index contributed by atoms with van der Waals surface area (Å²) in [5.74, 6) is 2.00. The molecule has 0 spiro atoms. The van der Waals surface area contributed by atoms with Crippen molar-refractivity contribution in [2.24, 2.45) is 5.73 Å². The van der Waals surface area contributed by atoms with E-state index in [-0.39, 0.29) is 18.6 Å². The molecule has 144 valence electrons. The molecule has 0 bridgehead atoms. The van der Waals surface area contributed by atoms with E-state index in [2.05, 4.69) is 9.97 Å². The first-order chi connectivity index (χ1) is 13.1. The number of carbonyl (C=O) groups excluding carboxylic acids is 1. The number of primary amides is 1. The van der Waals surface area contributed by atoms with Crippen molar-refractivity contribution in [2.75, 3.05) is 33.9 Å². The number of amides is 1. The Morgan fingerprint density at radius 2 is 2.00 bits per heavy atom. The highest BCUT2D eigenvalue weighted by atomic mass is 16.5. The number of nitrogens with zero attached hydrogens (tertiary/aromatic N) is 3. The highest BCUT2D eigenvalue weighted by Gasteiger charge is 2.25. The van der Waals surface area contributed by atoms with Gasteiger partial charge in [-0.3, -0.25) is 14.7 Å². The zero-order valence-electron chi connectivity index (χ0n) is 15.3. The van der Waals surface area contributed by atoms with Crippen LogP contribution < -0.4 is 24.7 Å². The fourth-order valence-electron chi connectivity index (χ4n) is 2.87.